The molecule has 1 rings (SSSR count). The summed E-state index contributed by atoms with van der Waals surface area (Å²) < 4.78 is 26.7. The Kier molecular flexibility index (Phi) is 5.10. The van der Waals surface area contributed by atoms with E-state index in [1.807, 2.05) is 6.92 Å². The molecular formula is C12H21N3O2S. The first-order valence-corrected chi connectivity index (χ1v) is 7.54. The van der Waals surface area contributed by atoms with Gasteiger partial charge in [-0.2, -0.15) is 0 Å². The van der Waals surface area contributed by atoms with Gasteiger partial charge in [0.2, 0.25) is 0 Å². The van der Waals surface area contributed by atoms with Crippen molar-refractivity contribution in [1.29, 1.82) is 0 Å². The fourth-order valence-electron chi connectivity index (χ4n) is 1.59. The summed E-state index contributed by atoms with van der Waals surface area (Å²) in [4.78, 5) is 3.82. The number of sulfonamides is 1. The van der Waals surface area contributed by atoms with Crippen LogP contribution in [-0.4, -0.2) is 19.4 Å². The molecule has 1 heterocycles. The number of hydrogen-bond donors (Lipinski definition) is 2. The van der Waals surface area contributed by atoms with Gasteiger partial charge in [-0.1, -0.05) is 13.8 Å². The third-order valence-corrected chi connectivity index (χ3v) is 4.15. The summed E-state index contributed by atoms with van der Waals surface area (Å²) in [6.07, 6.45) is 3.19. The number of nitrogens with zero attached hydrogens (tertiary/aromatic N) is 1. The lowest BCUT2D eigenvalue weighted by atomic mass is 10.1. The van der Waals surface area contributed by atoms with Gasteiger partial charge in [0.1, 0.15) is 0 Å². The fourth-order valence-corrected chi connectivity index (χ4v) is 2.93. The zero-order valence-electron chi connectivity index (χ0n) is 11.1. The van der Waals surface area contributed by atoms with E-state index in [2.05, 4.69) is 23.6 Å². The maximum Gasteiger partial charge on any atom is 0.260 e. The van der Waals surface area contributed by atoms with E-state index in [1.165, 1.54) is 12.3 Å². The van der Waals surface area contributed by atoms with Crippen molar-refractivity contribution in [3.8, 4) is 0 Å². The molecule has 0 aliphatic heterocycles. The Morgan fingerprint density at radius 2 is 2.00 bits per heavy atom. The molecule has 3 N–H and O–H groups in total. The number of hydrogen-bond acceptors (Lipinski definition) is 4. The first-order chi connectivity index (χ1) is 8.33. The van der Waals surface area contributed by atoms with E-state index in [0.717, 1.165) is 12.8 Å². The second kappa shape index (κ2) is 6.15. The highest BCUT2D eigenvalue weighted by atomic mass is 32.2. The Bertz CT molecular complexity index is 486. The summed E-state index contributed by atoms with van der Waals surface area (Å²) in [7, 11) is -3.62. The maximum atomic E-state index is 12.1. The van der Waals surface area contributed by atoms with Crippen molar-refractivity contribution in [3.63, 3.8) is 0 Å². The number of nitrogens with one attached hydrogen (secondary N) is 1. The van der Waals surface area contributed by atoms with Gasteiger partial charge in [-0.15, -0.1) is 0 Å². The van der Waals surface area contributed by atoms with Crippen LogP contribution < -0.4 is 10.5 Å². The number of pyridine rings is 1. The molecule has 0 amide bonds. The Labute approximate surface area is 109 Å². The van der Waals surface area contributed by atoms with E-state index in [9.17, 15) is 8.42 Å². The van der Waals surface area contributed by atoms with Crippen molar-refractivity contribution in [1.82, 2.24) is 9.71 Å². The minimum Gasteiger partial charge on any atom is -0.396 e. The van der Waals surface area contributed by atoms with Crippen LogP contribution in [0.2, 0.25) is 0 Å². The zero-order valence-corrected chi connectivity index (χ0v) is 11.9. The highest BCUT2D eigenvalue weighted by Crippen LogP contribution is 2.15. The van der Waals surface area contributed by atoms with Gasteiger partial charge in [-0.05, 0) is 37.8 Å². The summed E-state index contributed by atoms with van der Waals surface area (Å²) in [5, 5.41) is -0.0959. The van der Waals surface area contributed by atoms with E-state index in [-0.39, 0.29) is 16.8 Å². The van der Waals surface area contributed by atoms with Crippen LogP contribution in [0.4, 0.5) is 5.69 Å². The number of rotatable bonds is 6. The van der Waals surface area contributed by atoms with Gasteiger partial charge in [0.25, 0.3) is 10.0 Å². The Balaban J connectivity index is 2.74. The fraction of sp³-hybridized carbons (Fsp3) is 0.583. The average molecular weight is 271 g/mol. The lowest BCUT2D eigenvalue weighted by Crippen LogP contribution is -2.33. The lowest BCUT2D eigenvalue weighted by Gasteiger charge is -2.15. The monoisotopic (exact) mass is 271 g/mol. The van der Waals surface area contributed by atoms with Gasteiger partial charge in [0, 0.05) is 12.2 Å². The van der Waals surface area contributed by atoms with Crippen LogP contribution >= 0.6 is 0 Å². The Hall–Kier alpha value is -1.14. The van der Waals surface area contributed by atoms with Crippen LogP contribution in [0, 0.1) is 5.92 Å². The van der Waals surface area contributed by atoms with E-state index < -0.39 is 10.0 Å². The second-order valence-electron chi connectivity index (χ2n) is 4.89. The van der Waals surface area contributed by atoms with Crippen LogP contribution in [0.15, 0.2) is 23.4 Å². The van der Waals surface area contributed by atoms with Crippen molar-refractivity contribution in [2.45, 2.75) is 44.7 Å². The Morgan fingerprint density at radius 3 is 2.56 bits per heavy atom. The summed E-state index contributed by atoms with van der Waals surface area (Å²) >= 11 is 0. The molecule has 102 valence electrons. The largest absolute Gasteiger partial charge is 0.396 e. The van der Waals surface area contributed by atoms with Crippen molar-refractivity contribution in [2.75, 3.05) is 5.73 Å². The zero-order chi connectivity index (χ0) is 13.8. The van der Waals surface area contributed by atoms with E-state index in [4.69, 9.17) is 5.73 Å². The van der Waals surface area contributed by atoms with Crippen LogP contribution in [-0.2, 0) is 10.0 Å². The van der Waals surface area contributed by atoms with Crippen molar-refractivity contribution >= 4 is 15.7 Å². The second-order valence-corrected chi connectivity index (χ2v) is 6.52. The molecule has 1 unspecified atom stereocenters. The average Bonchev–Trinajstić information content (AvgIpc) is 2.26. The summed E-state index contributed by atoms with van der Waals surface area (Å²) in [5.41, 5.74) is 5.79. The number of anilines is 1. The smallest absolute Gasteiger partial charge is 0.260 e. The molecule has 0 aliphatic carbocycles. The highest BCUT2D eigenvalue weighted by molar-refractivity contribution is 7.89. The minimum absolute atomic E-state index is 0.0959. The highest BCUT2D eigenvalue weighted by Gasteiger charge is 2.21. The van der Waals surface area contributed by atoms with Gasteiger partial charge in [-0.3, -0.25) is 0 Å². The summed E-state index contributed by atoms with van der Waals surface area (Å²) in [5.74, 6) is 0.553. The molecule has 1 atom stereocenters. The third-order valence-electron chi connectivity index (χ3n) is 2.59. The van der Waals surface area contributed by atoms with Gasteiger partial charge >= 0.3 is 0 Å². The van der Waals surface area contributed by atoms with Gasteiger partial charge in [-0.25, -0.2) is 18.1 Å². The minimum atomic E-state index is -3.62. The first-order valence-electron chi connectivity index (χ1n) is 6.05. The van der Waals surface area contributed by atoms with Gasteiger partial charge in [0.15, 0.2) is 5.03 Å². The van der Waals surface area contributed by atoms with Crippen LogP contribution in [0.1, 0.15) is 33.6 Å². The molecule has 0 saturated heterocycles. The van der Waals surface area contributed by atoms with Crippen LogP contribution in [0.3, 0.4) is 0 Å². The Morgan fingerprint density at radius 1 is 1.33 bits per heavy atom. The molecule has 0 spiro atoms. The summed E-state index contributed by atoms with van der Waals surface area (Å²) in [6, 6.07) is 3.01. The van der Waals surface area contributed by atoms with Crippen molar-refractivity contribution in [3.05, 3.63) is 18.3 Å². The molecule has 6 heteroatoms. The standard InChI is InChI=1S/C12H21N3O2S/c1-9(2)6-7-10(3)15-18(16,17)12-11(13)5-4-8-14-12/h4-5,8-10,15H,6-7,13H2,1-3H3. The molecule has 18 heavy (non-hydrogen) atoms. The molecule has 0 aliphatic rings. The predicted octanol–water partition coefficient (Wildman–Crippen LogP) is 1.77. The molecule has 0 aromatic carbocycles. The normalized spacial score (nSPS) is 13.8. The first kappa shape index (κ1) is 14.9. The topological polar surface area (TPSA) is 85.1 Å². The SMILES string of the molecule is CC(C)CCC(C)NS(=O)(=O)c1ncccc1N. The van der Waals surface area contributed by atoms with Crippen LogP contribution in [0.5, 0.6) is 0 Å². The van der Waals surface area contributed by atoms with E-state index >= 15 is 0 Å². The maximum absolute atomic E-state index is 12.1. The molecule has 1 aromatic rings. The van der Waals surface area contributed by atoms with Gasteiger partial charge < -0.3 is 5.73 Å². The van der Waals surface area contributed by atoms with Gasteiger partial charge in [0.05, 0.1) is 5.69 Å². The molecule has 0 bridgehead atoms. The number of nitrogens with two attached hydrogens (primary N) is 1. The van der Waals surface area contributed by atoms with Crippen molar-refractivity contribution < 1.29 is 8.42 Å². The molecule has 0 fully saturated rings. The predicted molar refractivity (Wildman–Crippen MR) is 72.5 cm³/mol. The van der Waals surface area contributed by atoms with Crippen LogP contribution in [0.25, 0.3) is 0 Å². The van der Waals surface area contributed by atoms with Crippen molar-refractivity contribution in [2.24, 2.45) is 5.92 Å². The molecule has 0 saturated carbocycles. The molecule has 0 radical (unpaired) electrons. The third kappa shape index (κ3) is 4.27. The quantitative estimate of drug-likeness (QED) is 0.825. The van der Waals surface area contributed by atoms with E-state index in [1.54, 1.807) is 6.07 Å². The molecule has 1 aromatic heterocycles. The van der Waals surface area contributed by atoms with E-state index in [0.29, 0.717) is 5.92 Å². The summed E-state index contributed by atoms with van der Waals surface area (Å²) in [6.45, 7) is 6.06. The number of nitrogen functional groups attached to an aromatic ring is 1. The number of aromatic nitrogens is 1. The molecular weight excluding hydrogens is 250 g/mol. The lowest BCUT2D eigenvalue weighted by molar-refractivity contribution is 0.484. The molecule has 5 nitrogen and oxygen atoms in total.